The Kier molecular flexibility index (Phi) is 5.91. The van der Waals surface area contributed by atoms with Crippen LogP contribution in [0.2, 0.25) is 0 Å². The Labute approximate surface area is 124 Å². The Morgan fingerprint density at radius 2 is 2.00 bits per heavy atom. The number of alkyl halides is 3. The number of hydrogen-bond acceptors (Lipinski definition) is 3. The van der Waals surface area contributed by atoms with Crippen molar-refractivity contribution in [2.24, 2.45) is 11.8 Å². The zero-order valence-corrected chi connectivity index (χ0v) is 12.7. The largest absolute Gasteiger partial charge is 0.401 e. The van der Waals surface area contributed by atoms with E-state index < -0.39 is 12.7 Å². The molecule has 2 rings (SSSR count). The predicted octanol–water partition coefficient (Wildman–Crippen LogP) is 2.40. The van der Waals surface area contributed by atoms with Crippen molar-refractivity contribution in [3.05, 3.63) is 0 Å². The number of hydrogen-bond donors (Lipinski definition) is 2. The normalized spacial score (nSPS) is 30.1. The van der Waals surface area contributed by atoms with Crippen LogP contribution in [0.4, 0.5) is 13.2 Å². The van der Waals surface area contributed by atoms with Crippen LogP contribution in [-0.2, 0) is 0 Å². The highest BCUT2D eigenvalue weighted by molar-refractivity contribution is 4.90. The van der Waals surface area contributed by atoms with E-state index in [1.165, 1.54) is 19.3 Å². The summed E-state index contributed by atoms with van der Waals surface area (Å²) in [4.78, 5) is 2.34. The van der Waals surface area contributed by atoms with E-state index in [9.17, 15) is 13.2 Å². The number of aliphatic hydroxyl groups is 1. The molecule has 0 amide bonds. The summed E-state index contributed by atoms with van der Waals surface area (Å²) in [5.41, 5.74) is 0. The number of halogens is 3. The van der Waals surface area contributed by atoms with Crippen LogP contribution in [0.15, 0.2) is 0 Å². The summed E-state index contributed by atoms with van der Waals surface area (Å²) in [6.07, 6.45) is 1.00. The van der Waals surface area contributed by atoms with Gasteiger partial charge in [0, 0.05) is 31.8 Å². The maximum Gasteiger partial charge on any atom is 0.401 e. The van der Waals surface area contributed by atoms with Crippen LogP contribution in [0.25, 0.3) is 0 Å². The highest BCUT2D eigenvalue weighted by Gasteiger charge is 2.36. The van der Waals surface area contributed by atoms with Crippen molar-refractivity contribution in [3.63, 3.8) is 0 Å². The van der Waals surface area contributed by atoms with Gasteiger partial charge in [0.2, 0.25) is 0 Å². The highest BCUT2D eigenvalue weighted by atomic mass is 19.4. The molecule has 0 aromatic rings. The lowest BCUT2D eigenvalue weighted by Gasteiger charge is -2.45. The van der Waals surface area contributed by atoms with E-state index in [1.807, 2.05) is 0 Å². The van der Waals surface area contributed by atoms with Gasteiger partial charge in [-0.15, -0.1) is 0 Å². The lowest BCUT2D eigenvalue weighted by Crippen LogP contribution is -2.55. The molecule has 3 unspecified atom stereocenters. The summed E-state index contributed by atoms with van der Waals surface area (Å²) in [7, 11) is 0. The van der Waals surface area contributed by atoms with Gasteiger partial charge < -0.3 is 10.4 Å². The fourth-order valence-electron chi connectivity index (χ4n) is 3.59. The van der Waals surface area contributed by atoms with Crippen molar-refractivity contribution in [1.82, 2.24) is 10.2 Å². The standard InChI is InChI=1S/C15H27F3N2O/c1-11(13-3-2-4-13)20-8-12(5-6-21)7-14(9-20)19-10-15(16,17)18/h11-14,19,21H,2-10H2,1H3. The number of nitrogens with one attached hydrogen (secondary N) is 1. The minimum Gasteiger partial charge on any atom is -0.396 e. The molecular weight excluding hydrogens is 281 g/mol. The first-order chi connectivity index (χ1) is 9.89. The number of nitrogens with zero attached hydrogens (tertiary/aromatic N) is 1. The van der Waals surface area contributed by atoms with Gasteiger partial charge in [-0.3, -0.25) is 4.90 Å². The van der Waals surface area contributed by atoms with E-state index in [4.69, 9.17) is 5.11 Å². The van der Waals surface area contributed by atoms with Crippen molar-refractivity contribution in [2.75, 3.05) is 26.2 Å². The smallest absolute Gasteiger partial charge is 0.396 e. The maximum atomic E-state index is 12.4. The van der Waals surface area contributed by atoms with E-state index in [2.05, 4.69) is 17.1 Å². The second-order valence-electron chi connectivity index (χ2n) is 6.69. The molecule has 0 spiro atoms. The first-order valence-corrected chi connectivity index (χ1v) is 8.04. The van der Waals surface area contributed by atoms with Crippen LogP contribution < -0.4 is 5.32 Å². The van der Waals surface area contributed by atoms with Gasteiger partial charge >= 0.3 is 6.18 Å². The van der Waals surface area contributed by atoms with E-state index in [0.29, 0.717) is 24.9 Å². The fourth-order valence-corrected chi connectivity index (χ4v) is 3.59. The lowest BCUT2D eigenvalue weighted by atomic mass is 9.78. The summed E-state index contributed by atoms with van der Waals surface area (Å²) in [6.45, 7) is 2.99. The van der Waals surface area contributed by atoms with E-state index >= 15 is 0 Å². The zero-order chi connectivity index (χ0) is 15.5. The van der Waals surface area contributed by atoms with Gasteiger partial charge in [-0.25, -0.2) is 0 Å². The van der Waals surface area contributed by atoms with E-state index in [1.54, 1.807) is 0 Å². The molecule has 1 aliphatic carbocycles. The molecule has 3 atom stereocenters. The average molecular weight is 308 g/mol. The Morgan fingerprint density at radius 3 is 2.52 bits per heavy atom. The van der Waals surface area contributed by atoms with Crippen LogP contribution >= 0.6 is 0 Å². The molecule has 2 N–H and O–H groups in total. The topological polar surface area (TPSA) is 35.5 Å². The molecule has 6 heteroatoms. The molecular formula is C15H27F3N2O. The highest BCUT2D eigenvalue weighted by Crippen LogP contribution is 2.34. The fraction of sp³-hybridized carbons (Fsp3) is 1.00. The summed E-state index contributed by atoms with van der Waals surface area (Å²) in [5.74, 6) is 0.984. The molecule has 124 valence electrons. The van der Waals surface area contributed by atoms with Gasteiger partial charge in [-0.05, 0) is 44.4 Å². The quantitative estimate of drug-likeness (QED) is 0.791. The van der Waals surface area contributed by atoms with Gasteiger partial charge in [0.05, 0.1) is 6.54 Å². The molecule has 1 saturated carbocycles. The van der Waals surface area contributed by atoms with Crippen molar-refractivity contribution in [1.29, 1.82) is 0 Å². The van der Waals surface area contributed by atoms with Crippen molar-refractivity contribution < 1.29 is 18.3 Å². The molecule has 3 nitrogen and oxygen atoms in total. The first kappa shape index (κ1) is 17.0. The van der Waals surface area contributed by atoms with E-state index in [0.717, 1.165) is 13.0 Å². The molecule has 2 aliphatic rings. The van der Waals surface area contributed by atoms with Gasteiger partial charge in [-0.1, -0.05) is 6.42 Å². The molecule has 0 bridgehead atoms. The summed E-state index contributed by atoms with van der Waals surface area (Å²) < 4.78 is 37.2. The number of aliphatic hydroxyl groups excluding tert-OH is 1. The van der Waals surface area contributed by atoms with Gasteiger partial charge in [0.15, 0.2) is 0 Å². The third-order valence-corrected chi connectivity index (χ3v) is 5.10. The molecule has 0 aromatic heterocycles. The number of likely N-dealkylation sites (tertiary alicyclic amines) is 1. The van der Waals surface area contributed by atoms with Gasteiger partial charge in [-0.2, -0.15) is 13.2 Å². The van der Waals surface area contributed by atoms with Crippen LogP contribution in [0.3, 0.4) is 0 Å². The Morgan fingerprint density at radius 1 is 1.29 bits per heavy atom. The predicted molar refractivity (Wildman–Crippen MR) is 76.0 cm³/mol. The second kappa shape index (κ2) is 7.29. The molecule has 0 radical (unpaired) electrons. The maximum absolute atomic E-state index is 12.4. The second-order valence-corrected chi connectivity index (χ2v) is 6.69. The zero-order valence-electron chi connectivity index (χ0n) is 12.7. The molecule has 21 heavy (non-hydrogen) atoms. The molecule has 2 fully saturated rings. The Balaban J connectivity index is 1.90. The Bertz CT molecular complexity index is 321. The van der Waals surface area contributed by atoms with Gasteiger partial charge in [0.25, 0.3) is 0 Å². The van der Waals surface area contributed by atoms with E-state index in [-0.39, 0.29) is 18.6 Å². The molecule has 0 aromatic carbocycles. The summed E-state index contributed by atoms with van der Waals surface area (Å²) >= 11 is 0. The monoisotopic (exact) mass is 308 g/mol. The van der Waals surface area contributed by atoms with Crippen LogP contribution in [0.5, 0.6) is 0 Å². The Hall–Kier alpha value is -0.330. The number of piperidine rings is 1. The molecule has 1 aliphatic heterocycles. The summed E-state index contributed by atoms with van der Waals surface area (Å²) in [5, 5.41) is 11.8. The van der Waals surface area contributed by atoms with Crippen LogP contribution in [0.1, 0.15) is 39.0 Å². The minimum atomic E-state index is -4.16. The van der Waals surface area contributed by atoms with Crippen LogP contribution in [-0.4, -0.2) is 54.5 Å². The summed E-state index contributed by atoms with van der Waals surface area (Å²) in [6, 6.07) is 0.315. The third kappa shape index (κ3) is 5.11. The van der Waals surface area contributed by atoms with Crippen molar-refractivity contribution in [3.8, 4) is 0 Å². The minimum absolute atomic E-state index is 0.113. The molecule has 1 saturated heterocycles. The number of rotatable bonds is 6. The molecule has 1 heterocycles. The van der Waals surface area contributed by atoms with Crippen molar-refractivity contribution >= 4 is 0 Å². The lowest BCUT2D eigenvalue weighted by molar-refractivity contribution is -0.127. The SMILES string of the molecule is CC(C1CCC1)N1CC(CCO)CC(NCC(F)(F)F)C1. The third-order valence-electron chi connectivity index (χ3n) is 5.10. The van der Waals surface area contributed by atoms with Crippen LogP contribution in [0, 0.1) is 11.8 Å². The first-order valence-electron chi connectivity index (χ1n) is 8.04. The van der Waals surface area contributed by atoms with Crippen molar-refractivity contribution in [2.45, 2.75) is 57.3 Å². The average Bonchev–Trinajstić information content (AvgIpc) is 2.33. The van der Waals surface area contributed by atoms with Gasteiger partial charge in [0.1, 0.15) is 0 Å².